The van der Waals surface area contributed by atoms with Gasteiger partial charge in [0.25, 0.3) is 0 Å². The molecule has 0 aromatic carbocycles. The van der Waals surface area contributed by atoms with Gasteiger partial charge in [0, 0.05) is 18.3 Å². The third kappa shape index (κ3) is 2.35. The number of carbonyl (C=O) groups is 1. The van der Waals surface area contributed by atoms with Crippen LogP contribution in [0.1, 0.15) is 25.5 Å². The predicted molar refractivity (Wildman–Crippen MR) is 56.2 cm³/mol. The number of carbonyl (C=O) groups excluding carboxylic acids is 1. The molecule has 0 aliphatic carbocycles. The van der Waals surface area contributed by atoms with Gasteiger partial charge in [-0.05, 0) is 25.0 Å². The first-order chi connectivity index (χ1) is 7.29. The zero-order chi connectivity index (χ0) is 10.7. The second kappa shape index (κ2) is 4.43. The van der Waals surface area contributed by atoms with Gasteiger partial charge in [-0.15, -0.1) is 0 Å². The van der Waals surface area contributed by atoms with E-state index in [-0.39, 0.29) is 18.0 Å². The molecule has 0 spiro atoms. The van der Waals surface area contributed by atoms with E-state index in [1.807, 2.05) is 25.1 Å². The highest BCUT2D eigenvalue weighted by atomic mass is 16.5. The van der Waals surface area contributed by atoms with E-state index in [2.05, 4.69) is 4.98 Å². The maximum absolute atomic E-state index is 11.5. The molecule has 0 bridgehead atoms. The topological polar surface area (TPSA) is 39.2 Å². The van der Waals surface area contributed by atoms with Crippen molar-refractivity contribution in [3.63, 3.8) is 0 Å². The number of nitrogens with zero attached hydrogens (tertiary/aromatic N) is 1. The molecule has 0 saturated carbocycles. The Morgan fingerprint density at radius 2 is 2.40 bits per heavy atom. The Kier molecular flexibility index (Phi) is 2.99. The van der Waals surface area contributed by atoms with Crippen LogP contribution in [0.5, 0.6) is 0 Å². The van der Waals surface area contributed by atoms with E-state index in [0.29, 0.717) is 6.42 Å². The van der Waals surface area contributed by atoms with Gasteiger partial charge in [0.15, 0.2) is 0 Å². The van der Waals surface area contributed by atoms with Crippen molar-refractivity contribution in [1.29, 1.82) is 0 Å². The Labute approximate surface area is 89.5 Å². The number of esters is 1. The minimum Gasteiger partial charge on any atom is -0.462 e. The molecule has 1 fully saturated rings. The lowest BCUT2D eigenvalue weighted by Crippen LogP contribution is -2.11. The summed E-state index contributed by atoms with van der Waals surface area (Å²) in [5, 5.41) is 0. The SMILES string of the molecule is CC[C@@H]1C[C@@H](Cc2ccccn2)C(=O)O1. The lowest BCUT2D eigenvalue weighted by atomic mass is 9.98. The number of pyridine rings is 1. The first-order valence-corrected chi connectivity index (χ1v) is 5.40. The molecule has 0 radical (unpaired) electrons. The van der Waals surface area contributed by atoms with E-state index < -0.39 is 0 Å². The van der Waals surface area contributed by atoms with Gasteiger partial charge in [0.2, 0.25) is 0 Å². The Bertz CT molecular complexity index is 337. The normalized spacial score (nSPS) is 25.3. The van der Waals surface area contributed by atoms with Crippen molar-refractivity contribution >= 4 is 5.97 Å². The van der Waals surface area contributed by atoms with Gasteiger partial charge in [-0.3, -0.25) is 9.78 Å². The largest absolute Gasteiger partial charge is 0.462 e. The van der Waals surface area contributed by atoms with E-state index in [9.17, 15) is 4.79 Å². The molecule has 3 nitrogen and oxygen atoms in total. The van der Waals surface area contributed by atoms with Crippen LogP contribution in [-0.4, -0.2) is 17.1 Å². The zero-order valence-corrected chi connectivity index (χ0v) is 8.85. The molecule has 1 aliphatic heterocycles. The maximum atomic E-state index is 11.5. The van der Waals surface area contributed by atoms with Crippen molar-refractivity contribution in [2.75, 3.05) is 0 Å². The molecule has 15 heavy (non-hydrogen) atoms. The third-order valence-electron chi connectivity index (χ3n) is 2.80. The summed E-state index contributed by atoms with van der Waals surface area (Å²) < 4.78 is 5.23. The van der Waals surface area contributed by atoms with Gasteiger partial charge in [-0.25, -0.2) is 0 Å². The van der Waals surface area contributed by atoms with E-state index in [1.54, 1.807) is 6.20 Å². The number of hydrogen-bond acceptors (Lipinski definition) is 3. The Balaban J connectivity index is 1.99. The van der Waals surface area contributed by atoms with Crippen LogP contribution in [-0.2, 0) is 16.0 Å². The maximum Gasteiger partial charge on any atom is 0.309 e. The molecule has 0 amide bonds. The summed E-state index contributed by atoms with van der Waals surface area (Å²) in [6, 6.07) is 5.78. The van der Waals surface area contributed by atoms with Gasteiger partial charge in [-0.2, -0.15) is 0 Å². The number of cyclic esters (lactones) is 1. The summed E-state index contributed by atoms with van der Waals surface area (Å²) in [5.41, 5.74) is 0.969. The smallest absolute Gasteiger partial charge is 0.309 e. The number of aromatic nitrogens is 1. The van der Waals surface area contributed by atoms with Crippen LogP contribution >= 0.6 is 0 Å². The van der Waals surface area contributed by atoms with E-state index in [0.717, 1.165) is 18.5 Å². The molecule has 80 valence electrons. The van der Waals surface area contributed by atoms with E-state index in [4.69, 9.17) is 4.74 Å². The molecule has 1 saturated heterocycles. The van der Waals surface area contributed by atoms with E-state index in [1.165, 1.54) is 0 Å². The monoisotopic (exact) mass is 205 g/mol. The summed E-state index contributed by atoms with van der Waals surface area (Å²) in [5.74, 6) is -0.0580. The fourth-order valence-corrected chi connectivity index (χ4v) is 1.91. The number of ether oxygens (including phenoxy) is 1. The van der Waals surface area contributed by atoms with Crippen molar-refractivity contribution in [1.82, 2.24) is 4.98 Å². The van der Waals surface area contributed by atoms with Crippen molar-refractivity contribution in [3.8, 4) is 0 Å². The summed E-state index contributed by atoms with van der Waals surface area (Å²) in [6.07, 6.45) is 4.32. The second-order valence-electron chi connectivity index (χ2n) is 3.92. The summed E-state index contributed by atoms with van der Waals surface area (Å²) in [4.78, 5) is 15.7. The third-order valence-corrected chi connectivity index (χ3v) is 2.80. The standard InChI is InChI=1S/C12H15NO2/c1-2-11-8-9(12(14)15-11)7-10-5-3-4-6-13-10/h3-6,9,11H,2,7-8H2,1H3/t9-,11-/m1/s1. The highest BCUT2D eigenvalue weighted by Crippen LogP contribution is 2.25. The average molecular weight is 205 g/mol. The molecule has 1 aliphatic rings. The lowest BCUT2D eigenvalue weighted by molar-refractivity contribution is -0.144. The molecule has 2 rings (SSSR count). The van der Waals surface area contributed by atoms with Crippen molar-refractivity contribution in [2.45, 2.75) is 32.3 Å². The first-order valence-electron chi connectivity index (χ1n) is 5.40. The van der Waals surface area contributed by atoms with Crippen LogP contribution in [0.4, 0.5) is 0 Å². The van der Waals surface area contributed by atoms with Crippen molar-refractivity contribution < 1.29 is 9.53 Å². The van der Waals surface area contributed by atoms with Gasteiger partial charge < -0.3 is 4.74 Å². The first kappa shape index (κ1) is 10.1. The highest BCUT2D eigenvalue weighted by molar-refractivity contribution is 5.74. The highest BCUT2D eigenvalue weighted by Gasteiger charge is 2.33. The molecular formula is C12H15NO2. The predicted octanol–water partition coefficient (Wildman–Crippen LogP) is 1.97. The van der Waals surface area contributed by atoms with Crippen molar-refractivity contribution in [2.24, 2.45) is 5.92 Å². The quantitative estimate of drug-likeness (QED) is 0.708. The fraction of sp³-hybridized carbons (Fsp3) is 0.500. The minimum atomic E-state index is -0.0625. The zero-order valence-electron chi connectivity index (χ0n) is 8.85. The van der Waals surface area contributed by atoms with Crippen LogP contribution in [0, 0.1) is 5.92 Å². The average Bonchev–Trinajstić information content (AvgIpc) is 2.61. The molecule has 0 N–H and O–H groups in total. The molecule has 1 aromatic heterocycles. The van der Waals surface area contributed by atoms with Crippen LogP contribution < -0.4 is 0 Å². The molecule has 2 atom stereocenters. The number of hydrogen-bond donors (Lipinski definition) is 0. The Morgan fingerprint density at radius 3 is 3.00 bits per heavy atom. The Hall–Kier alpha value is -1.38. The summed E-state index contributed by atoms with van der Waals surface area (Å²) in [6.45, 7) is 2.04. The van der Waals surface area contributed by atoms with Crippen molar-refractivity contribution in [3.05, 3.63) is 30.1 Å². The molecular weight excluding hydrogens is 190 g/mol. The molecule has 1 aromatic rings. The van der Waals surface area contributed by atoms with Gasteiger partial charge in [-0.1, -0.05) is 13.0 Å². The molecule has 0 unspecified atom stereocenters. The Morgan fingerprint density at radius 1 is 1.53 bits per heavy atom. The van der Waals surface area contributed by atoms with Gasteiger partial charge >= 0.3 is 5.97 Å². The number of rotatable bonds is 3. The molecule has 2 heterocycles. The minimum absolute atomic E-state index is 0.00449. The van der Waals surface area contributed by atoms with Crippen LogP contribution in [0.3, 0.4) is 0 Å². The summed E-state index contributed by atoms with van der Waals surface area (Å²) in [7, 11) is 0. The van der Waals surface area contributed by atoms with Crippen LogP contribution in [0.15, 0.2) is 24.4 Å². The fourth-order valence-electron chi connectivity index (χ4n) is 1.91. The van der Waals surface area contributed by atoms with E-state index >= 15 is 0 Å². The summed E-state index contributed by atoms with van der Waals surface area (Å²) >= 11 is 0. The van der Waals surface area contributed by atoms with Gasteiger partial charge in [0.1, 0.15) is 6.10 Å². The van der Waals surface area contributed by atoms with Gasteiger partial charge in [0.05, 0.1) is 5.92 Å². The lowest BCUT2D eigenvalue weighted by Gasteiger charge is -2.03. The van der Waals surface area contributed by atoms with Crippen LogP contribution in [0.25, 0.3) is 0 Å². The second-order valence-corrected chi connectivity index (χ2v) is 3.92. The van der Waals surface area contributed by atoms with Crippen LogP contribution in [0.2, 0.25) is 0 Å². The molecule has 3 heteroatoms.